The van der Waals surface area contributed by atoms with Gasteiger partial charge in [-0.25, -0.2) is 4.68 Å². The normalized spacial score (nSPS) is 12.1. The Kier molecular flexibility index (Phi) is 6.58. The quantitative estimate of drug-likeness (QED) is 0.600. The molecule has 1 aromatic heterocycles. The minimum absolute atomic E-state index is 0.0640. The van der Waals surface area contributed by atoms with E-state index in [-0.39, 0.29) is 17.5 Å². The lowest BCUT2D eigenvalue weighted by Crippen LogP contribution is -2.35. The first-order chi connectivity index (χ1) is 13.6. The first-order valence-corrected chi connectivity index (χ1v) is 9.94. The van der Waals surface area contributed by atoms with Gasteiger partial charge < -0.3 is 5.32 Å². The van der Waals surface area contributed by atoms with Crippen molar-refractivity contribution in [2.75, 3.05) is 0 Å². The third-order valence-corrected chi connectivity index (χ3v) is 4.88. The number of hydrogen-bond donors (Lipinski definition) is 1. The lowest BCUT2D eigenvalue weighted by molar-refractivity contribution is 0.0932. The van der Waals surface area contributed by atoms with Gasteiger partial charge in [0.2, 0.25) is 0 Å². The van der Waals surface area contributed by atoms with E-state index in [0.717, 1.165) is 31.2 Å². The molecule has 0 radical (unpaired) electrons. The molecule has 5 heteroatoms. The van der Waals surface area contributed by atoms with Gasteiger partial charge in [0, 0.05) is 11.4 Å². The van der Waals surface area contributed by atoms with Gasteiger partial charge in [-0.1, -0.05) is 74.7 Å². The fourth-order valence-corrected chi connectivity index (χ4v) is 3.33. The molecule has 0 fully saturated rings. The molecule has 0 saturated heterocycles. The van der Waals surface area contributed by atoms with E-state index in [9.17, 15) is 9.59 Å². The average molecular weight is 377 g/mol. The van der Waals surface area contributed by atoms with Crippen molar-refractivity contribution in [1.82, 2.24) is 15.1 Å². The summed E-state index contributed by atoms with van der Waals surface area (Å²) in [6.45, 7) is 4.50. The minimum Gasteiger partial charge on any atom is -0.348 e. The van der Waals surface area contributed by atoms with Crippen LogP contribution in [0.1, 0.15) is 55.6 Å². The molecular weight excluding hydrogens is 350 g/mol. The van der Waals surface area contributed by atoms with Crippen molar-refractivity contribution in [3.8, 4) is 0 Å². The highest BCUT2D eigenvalue weighted by Gasteiger charge is 2.18. The molecule has 1 amide bonds. The van der Waals surface area contributed by atoms with E-state index in [4.69, 9.17) is 0 Å². The summed E-state index contributed by atoms with van der Waals surface area (Å²) in [4.78, 5) is 25.8. The number of nitrogens with one attached hydrogen (secondary N) is 1. The van der Waals surface area contributed by atoms with Crippen LogP contribution in [-0.4, -0.2) is 21.7 Å². The summed E-state index contributed by atoms with van der Waals surface area (Å²) in [7, 11) is 0. The van der Waals surface area contributed by atoms with Crippen LogP contribution in [0, 0.1) is 0 Å². The highest BCUT2D eigenvalue weighted by molar-refractivity contribution is 6.04. The average Bonchev–Trinajstić information content (AvgIpc) is 2.71. The lowest BCUT2D eigenvalue weighted by Gasteiger charge is -2.15. The van der Waals surface area contributed by atoms with Gasteiger partial charge in [0.25, 0.3) is 11.5 Å². The van der Waals surface area contributed by atoms with Gasteiger partial charge in [-0.15, -0.1) is 0 Å². The zero-order chi connectivity index (χ0) is 19.9. The van der Waals surface area contributed by atoms with Crippen LogP contribution in [-0.2, 0) is 6.54 Å². The number of aromatic nitrogens is 2. The van der Waals surface area contributed by atoms with E-state index in [2.05, 4.69) is 17.3 Å². The number of rotatable bonds is 8. The van der Waals surface area contributed by atoms with Gasteiger partial charge in [-0.3, -0.25) is 9.59 Å². The molecule has 0 aliphatic heterocycles. The fourth-order valence-electron chi connectivity index (χ4n) is 3.33. The highest BCUT2D eigenvalue weighted by atomic mass is 16.2. The van der Waals surface area contributed by atoms with Crippen molar-refractivity contribution in [1.29, 1.82) is 0 Å². The molecule has 0 unspecified atom stereocenters. The predicted molar refractivity (Wildman–Crippen MR) is 113 cm³/mol. The summed E-state index contributed by atoms with van der Waals surface area (Å²) >= 11 is 0. The first kappa shape index (κ1) is 19.8. The molecule has 5 nitrogen and oxygen atoms in total. The molecule has 0 spiro atoms. The minimum atomic E-state index is -0.234. The third kappa shape index (κ3) is 4.66. The molecule has 1 N–H and O–H groups in total. The molecule has 3 aromatic rings. The maximum Gasteiger partial charge on any atom is 0.274 e. The summed E-state index contributed by atoms with van der Waals surface area (Å²) in [5.41, 5.74) is 1.08. The number of unbranched alkanes of at least 4 members (excludes halogenated alkanes) is 2. The van der Waals surface area contributed by atoms with Gasteiger partial charge in [-0.05, 0) is 25.0 Å². The monoisotopic (exact) mass is 377 g/mol. The van der Waals surface area contributed by atoms with E-state index in [1.54, 1.807) is 12.1 Å². The van der Waals surface area contributed by atoms with Gasteiger partial charge in [0.05, 0.1) is 11.9 Å². The second-order valence-electron chi connectivity index (χ2n) is 7.21. The van der Waals surface area contributed by atoms with Crippen molar-refractivity contribution < 1.29 is 4.79 Å². The Morgan fingerprint density at radius 3 is 2.43 bits per heavy atom. The van der Waals surface area contributed by atoms with Crippen LogP contribution in [0.5, 0.6) is 0 Å². The molecule has 3 rings (SSSR count). The third-order valence-electron chi connectivity index (χ3n) is 4.88. The molecule has 1 heterocycles. The van der Waals surface area contributed by atoms with Gasteiger partial charge in [-0.2, -0.15) is 5.10 Å². The van der Waals surface area contributed by atoms with Crippen molar-refractivity contribution in [3.63, 3.8) is 0 Å². The van der Waals surface area contributed by atoms with Crippen LogP contribution in [0.3, 0.4) is 0 Å². The van der Waals surface area contributed by atoms with E-state index in [0.29, 0.717) is 23.0 Å². The van der Waals surface area contributed by atoms with Crippen molar-refractivity contribution in [3.05, 3.63) is 76.2 Å². The molecule has 0 aliphatic carbocycles. The summed E-state index contributed by atoms with van der Waals surface area (Å²) in [5.74, 6) is -0.234. The molecular formula is C23H27N3O2. The smallest absolute Gasteiger partial charge is 0.274 e. The van der Waals surface area contributed by atoms with Crippen molar-refractivity contribution >= 4 is 16.7 Å². The number of amides is 1. The second-order valence-corrected chi connectivity index (χ2v) is 7.21. The Hall–Kier alpha value is -2.95. The lowest BCUT2D eigenvalue weighted by atomic mass is 10.1. The number of fused-ring (bicyclic) bond motifs is 1. The number of carbonyl (C=O) groups excluding carboxylic acids is 1. The molecule has 2 aromatic carbocycles. The number of carbonyl (C=O) groups is 1. The van der Waals surface area contributed by atoms with Crippen LogP contribution in [0.4, 0.5) is 0 Å². The molecule has 146 valence electrons. The number of nitrogens with zero attached hydrogens (tertiary/aromatic N) is 2. The van der Waals surface area contributed by atoms with Crippen LogP contribution in [0.25, 0.3) is 10.8 Å². The Balaban J connectivity index is 1.93. The number of hydrogen-bond acceptors (Lipinski definition) is 3. The highest BCUT2D eigenvalue weighted by Crippen LogP contribution is 2.14. The SMILES string of the molecule is CCCCC[C@@H](C)NC(=O)c1nn(Cc2ccccc2)c(=O)c2ccccc12. The predicted octanol–water partition coefficient (Wildman–Crippen LogP) is 4.14. The van der Waals surface area contributed by atoms with E-state index in [1.807, 2.05) is 49.4 Å². The Morgan fingerprint density at radius 1 is 1.04 bits per heavy atom. The van der Waals surface area contributed by atoms with E-state index >= 15 is 0 Å². The molecule has 0 bridgehead atoms. The van der Waals surface area contributed by atoms with E-state index in [1.165, 1.54) is 4.68 Å². The zero-order valence-electron chi connectivity index (χ0n) is 16.5. The molecule has 1 atom stereocenters. The Morgan fingerprint density at radius 2 is 1.71 bits per heavy atom. The van der Waals surface area contributed by atoms with Gasteiger partial charge in [0.1, 0.15) is 0 Å². The summed E-state index contributed by atoms with van der Waals surface area (Å²) in [6, 6.07) is 16.9. The van der Waals surface area contributed by atoms with Crippen molar-refractivity contribution in [2.24, 2.45) is 0 Å². The van der Waals surface area contributed by atoms with Crippen LogP contribution < -0.4 is 10.9 Å². The second kappa shape index (κ2) is 9.31. The summed E-state index contributed by atoms with van der Waals surface area (Å²) in [6.07, 6.45) is 4.32. The van der Waals surface area contributed by atoms with Gasteiger partial charge in [0.15, 0.2) is 5.69 Å². The Labute approximate surface area is 165 Å². The molecule has 0 aliphatic rings. The van der Waals surface area contributed by atoms with Crippen LogP contribution >= 0.6 is 0 Å². The topological polar surface area (TPSA) is 64.0 Å². The maximum absolute atomic E-state index is 12.9. The first-order valence-electron chi connectivity index (χ1n) is 9.94. The van der Waals surface area contributed by atoms with Crippen LogP contribution in [0.2, 0.25) is 0 Å². The molecule has 0 saturated carbocycles. The summed E-state index contributed by atoms with van der Waals surface area (Å²) in [5, 5.41) is 8.58. The van der Waals surface area contributed by atoms with Crippen molar-refractivity contribution in [2.45, 2.75) is 52.1 Å². The summed E-state index contributed by atoms with van der Waals surface area (Å²) < 4.78 is 1.38. The van der Waals surface area contributed by atoms with Gasteiger partial charge >= 0.3 is 0 Å². The maximum atomic E-state index is 12.9. The largest absolute Gasteiger partial charge is 0.348 e. The van der Waals surface area contributed by atoms with E-state index < -0.39 is 0 Å². The fraction of sp³-hybridized carbons (Fsp3) is 0.348. The van der Waals surface area contributed by atoms with Crippen LogP contribution in [0.15, 0.2) is 59.4 Å². The number of benzene rings is 2. The Bertz CT molecular complexity index is 996. The standard InChI is InChI=1S/C23H27N3O2/c1-3-4-6-11-17(2)24-22(27)21-19-14-9-10-15-20(19)23(28)26(25-21)16-18-12-7-5-8-13-18/h5,7-10,12-15,17H,3-4,6,11,16H2,1-2H3,(H,24,27)/t17-/m1/s1. The zero-order valence-corrected chi connectivity index (χ0v) is 16.5. The molecule has 28 heavy (non-hydrogen) atoms.